The van der Waals surface area contributed by atoms with Crippen molar-refractivity contribution in [2.24, 2.45) is 0 Å². The highest BCUT2D eigenvalue weighted by Crippen LogP contribution is 2.53. The quantitative estimate of drug-likeness (QED) is 0.593. The van der Waals surface area contributed by atoms with Gasteiger partial charge in [0.15, 0.2) is 0 Å². The standard InChI is InChI=1S/C22H28N3O2PS/c1-2-25-21-6-4-3-5-19(21)20-17-18(7-8-22(20)25)28(29,23-9-13-26-14-10-23)24-11-15-27-16-12-24/h3-8,17H,2,9-16H2,1H3. The average Bonchev–Trinajstić information content (AvgIpc) is 3.12. The molecule has 0 aliphatic carbocycles. The molecule has 0 saturated carbocycles. The predicted molar refractivity (Wildman–Crippen MR) is 124 cm³/mol. The molecular weight excluding hydrogens is 401 g/mol. The van der Waals surface area contributed by atoms with Crippen LogP contribution in [-0.4, -0.2) is 66.5 Å². The summed E-state index contributed by atoms with van der Waals surface area (Å²) in [4.78, 5) is 0. The van der Waals surface area contributed by atoms with Crippen molar-refractivity contribution in [3.63, 3.8) is 0 Å². The van der Waals surface area contributed by atoms with Crippen molar-refractivity contribution in [3.05, 3.63) is 42.5 Å². The molecule has 7 heteroatoms. The van der Waals surface area contributed by atoms with Crippen molar-refractivity contribution in [3.8, 4) is 0 Å². The number of ether oxygens (including phenoxy) is 2. The van der Waals surface area contributed by atoms with Gasteiger partial charge in [-0.2, -0.15) is 0 Å². The number of rotatable bonds is 4. The number of hydrogen-bond acceptors (Lipinski definition) is 3. The van der Waals surface area contributed by atoms with E-state index in [9.17, 15) is 0 Å². The molecule has 0 N–H and O–H groups in total. The Balaban J connectivity index is 1.69. The summed E-state index contributed by atoms with van der Waals surface area (Å²) in [5.41, 5.74) is 2.59. The van der Waals surface area contributed by atoms with Gasteiger partial charge in [0.05, 0.1) is 26.4 Å². The Morgan fingerprint density at radius 1 is 0.828 bits per heavy atom. The Kier molecular flexibility index (Phi) is 5.50. The van der Waals surface area contributed by atoms with E-state index < -0.39 is 6.34 Å². The molecule has 0 bridgehead atoms. The van der Waals surface area contributed by atoms with Gasteiger partial charge in [0.25, 0.3) is 0 Å². The van der Waals surface area contributed by atoms with Gasteiger partial charge in [-0.25, -0.2) is 0 Å². The lowest BCUT2D eigenvalue weighted by Crippen LogP contribution is -2.46. The van der Waals surface area contributed by atoms with E-state index in [1.165, 1.54) is 27.1 Å². The Bertz CT molecular complexity index is 1050. The lowest BCUT2D eigenvalue weighted by atomic mass is 10.1. The summed E-state index contributed by atoms with van der Waals surface area (Å²) in [5.74, 6) is 0. The maximum atomic E-state index is 6.57. The van der Waals surface area contributed by atoms with Gasteiger partial charge in [0.1, 0.15) is 6.34 Å². The third-order valence-corrected chi connectivity index (χ3v) is 11.5. The minimum absolute atomic E-state index is 0.764. The van der Waals surface area contributed by atoms with E-state index in [4.69, 9.17) is 21.3 Å². The second-order valence-electron chi connectivity index (χ2n) is 7.64. The van der Waals surface area contributed by atoms with Crippen LogP contribution in [-0.2, 0) is 27.8 Å². The van der Waals surface area contributed by atoms with Gasteiger partial charge in [-0.3, -0.25) is 9.34 Å². The predicted octanol–water partition coefficient (Wildman–Crippen LogP) is 3.41. The van der Waals surface area contributed by atoms with E-state index in [0.29, 0.717) is 0 Å². The summed E-state index contributed by atoms with van der Waals surface area (Å²) in [6.07, 6.45) is -2.07. The van der Waals surface area contributed by atoms with E-state index >= 15 is 0 Å². The van der Waals surface area contributed by atoms with Crippen LogP contribution in [0.1, 0.15) is 6.92 Å². The zero-order chi connectivity index (χ0) is 19.8. The van der Waals surface area contributed by atoms with Crippen LogP contribution >= 0.6 is 6.34 Å². The second-order valence-corrected chi connectivity index (χ2v) is 11.9. The summed E-state index contributed by atoms with van der Waals surface area (Å²) in [6, 6.07) is 15.7. The summed E-state index contributed by atoms with van der Waals surface area (Å²) in [6.45, 7) is 9.86. The second kappa shape index (κ2) is 8.10. The molecule has 2 fully saturated rings. The first-order chi connectivity index (χ1) is 14.2. The first-order valence-electron chi connectivity index (χ1n) is 10.5. The van der Waals surface area contributed by atoms with Crippen LogP contribution in [0.25, 0.3) is 21.8 Å². The van der Waals surface area contributed by atoms with Crippen molar-refractivity contribution in [2.75, 3.05) is 52.6 Å². The van der Waals surface area contributed by atoms with Crippen LogP contribution in [0, 0.1) is 0 Å². The van der Waals surface area contributed by atoms with Crippen molar-refractivity contribution in [2.45, 2.75) is 13.5 Å². The minimum atomic E-state index is -2.07. The molecule has 2 aromatic carbocycles. The van der Waals surface area contributed by atoms with E-state index in [1.807, 2.05) is 0 Å². The molecule has 1 aromatic heterocycles. The molecule has 0 spiro atoms. The first kappa shape index (κ1) is 19.7. The van der Waals surface area contributed by atoms with Gasteiger partial charge >= 0.3 is 0 Å². The van der Waals surface area contributed by atoms with E-state index in [0.717, 1.165) is 59.2 Å². The number of benzene rings is 2. The molecule has 2 aliphatic rings. The number of aryl methyl sites for hydroxylation is 1. The van der Waals surface area contributed by atoms with Crippen LogP contribution in [0.3, 0.4) is 0 Å². The normalized spacial score (nSPS) is 19.9. The SMILES string of the molecule is CCn1c2ccccc2c2cc(P(=S)(N3CCOCC3)N3CCOCC3)ccc21. The Hall–Kier alpha value is -1.27. The molecule has 3 aromatic rings. The maximum Gasteiger partial charge on any atom is 0.107 e. The Labute approximate surface area is 177 Å². The third-order valence-electron chi connectivity index (χ3n) is 6.15. The fourth-order valence-electron chi connectivity index (χ4n) is 4.72. The highest BCUT2D eigenvalue weighted by molar-refractivity contribution is 8.15. The van der Waals surface area contributed by atoms with Crippen LogP contribution in [0.15, 0.2) is 42.5 Å². The van der Waals surface area contributed by atoms with Crippen LogP contribution < -0.4 is 5.30 Å². The van der Waals surface area contributed by atoms with E-state index in [1.54, 1.807) is 0 Å². The average molecular weight is 430 g/mol. The molecule has 0 unspecified atom stereocenters. The highest BCUT2D eigenvalue weighted by atomic mass is 32.4. The summed E-state index contributed by atoms with van der Waals surface area (Å²) >= 11 is 6.57. The third kappa shape index (κ3) is 3.27. The van der Waals surface area contributed by atoms with Gasteiger partial charge in [-0.15, -0.1) is 0 Å². The summed E-state index contributed by atoms with van der Waals surface area (Å²) < 4.78 is 18.7. The number of para-hydroxylation sites is 1. The summed E-state index contributed by atoms with van der Waals surface area (Å²) in [7, 11) is 0. The largest absolute Gasteiger partial charge is 0.379 e. The number of aromatic nitrogens is 1. The molecule has 154 valence electrons. The number of hydrogen-bond donors (Lipinski definition) is 0. The van der Waals surface area contributed by atoms with Gasteiger partial charge in [0, 0.05) is 59.8 Å². The first-order valence-corrected chi connectivity index (χ1v) is 13.2. The molecule has 2 aliphatic heterocycles. The van der Waals surface area contributed by atoms with Gasteiger partial charge < -0.3 is 14.0 Å². The van der Waals surface area contributed by atoms with Crippen molar-refractivity contribution in [1.82, 2.24) is 13.9 Å². The fourth-order valence-corrected chi connectivity index (χ4v) is 9.03. The van der Waals surface area contributed by atoms with Crippen LogP contribution in [0.4, 0.5) is 0 Å². The van der Waals surface area contributed by atoms with Gasteiger partial charge in [-0.05, 0) is 31.2 Å². The van der Waals surface area contributed by atoms with Gasteiger partial charge in [0.2, 0.25) is 0 Å². The zero-order valence-electron chi connectivity index (χ0n) is 16.9. The molecule has 0 radical (unpaired) electrons. The van der Waals surface area contributed by atoms with E-state index in [2.05, 4.69) is 63.3 Å². The zero-order valence-corrected chi connectivity index (χ0v) is 18.6. The molecule has 0 amide bonds. The van der Waals surface area contributed by atoms with Crippen molar-refractivity contribution < 1.29 is 9.47 Å². The molecule has 29 heavy (non-hydrogen) atoms. The molecular formula is C22H28N3O2PS. The Morgan fingerprint density at radius 3 is 2.03 bits per heavy atom. The van der Waals surface area contributed by atoms with Crippen LogP contribution in [0.2, 0.25) is 0 Å². The maximum absolute atomic E-state index is 6.57. The number of fused-ring (bicyclic) bond motifs is 3. The smallest absolute Gasteiger partial charge is 0.107 e. The Morgan fingerprint density at radius 2 is 1.41 bits per heavy atom. The van der Waals surface area contributed by atoms with Gasteiger partial charge in [-0.1, -0.05) is 30.0 Å². The molecule has 5 nitrogen and oxygen atoms in total. The van der Waals surface area contributed by atoms with Crippen LogP contribution in [0.5, 0.6) is 0 Å². The highest BCUT2D eigenvalue weighted by Gasteiger charge is 2.36. The fraction of sp³-hybridized carbons (Fsp3) is 0.455. The molecule has 2 saturated heterocycles. The molecule has 3 heterocycles. The number of nitrogens with zero attached hydrogens (tertiary/aromatic N) is 3. The number of morpholine rings is 2. The minimum Gasteiger partial charge on any atom is -0.379 e. The summed E-state index contributed by atoms with van der Waals surface area (Å²) in [5, 5.41) is 3.93. The topological polar surface area (TPSA) is 29.9 Å². The monoisotopic (exact) mass is 429 g/mol. The van der Waals surface area contributed by atoms with Crippen molar-refractivity contribution >= 4 is 45.3 Å². The van der Waals surface area contributed by atoms with Crippen molar-refractivity contribution in [1.29, 1.82) is 0 Å². The lowest BCUT2D eigenvalue weighted by molar-refractivity contribution is 0.0589. The molecule has 5 rings (SSSR count). The lowest BCUT2D eigenvalue weighted by Gasteiger charge is -2.45. The van der Waals surface area contributed by atoms with E-state index in [-0.39, 0.29) is 0 Å². The molecule has 0 atom stereocenters.